The third-order valence-corrected chi connectivity index (χ3v) is 5.49. The van der Waals surface area contributed by atoms with Gasteiger partial charge in [-0.25, -0.2) is 8.42 Å². The monoisotopic (exact) mass is 354 g/mol. The van der Waals surface area contributed by atoms with E-state index < -0.39 is 10.1 Å². The van der Waals surface area contributed by atoms with E-state index in [0.717, 1.165) is 12.0 Å². The van der Waals surface area contributed by atoms with Gasteiger partial charge < -0.3 is 4.55 Å². The zero-order valence-corrected chi connectivity index (χ0v) is 17.6. The molecule has 0 heterocycles. The second-order valence-electron chi connectivity index (χ2n) is 6.34. The van der Waals surface area contributed by atoms with Crippen LogP contribution < -0.4 is 29.6 Å². The van der Waals surface area contributed by atoms with Gasteiger partial charge in [0.15, 0.2) is 0 Å². The van der Waals surface area contributed by atoms with Gasteiger partial charge in [-0.3, -0.25) is 0 Å². The maximum absolute atomic E-state index is 11.0. The standard InChI is InChI=1S/C19H24O3S.Na/c1-14(13-15(2)17-7-5-4-6-8-17)16(3)18-9-11-19(12-10-18)23(20,21)22;/h4-12,14-16H,13H2,1-3H3,(H,20,21,22);/q;+1/p-1. The van der Waals surface area contributed by atoms with Gasteiger partial charge in [0.2, 0.25) is 0 Å². The first-order chi connectivity index (χ1) is 10.8. The van der Waals surface area contributed by atoms with E-state index in [-0.39, 0.29) is 34.5 Å². The third kappa shape index (κ3) is 5.71. The fraction of sp³-hybridized carbons (Fsp3) is 0.368. The summed E-state index contributed by atoms with van der Waals surface area (Å²) in [6, 6.07) is 16.7. The van der Waals surface area contributed by atoms with Crippen molar-refractivity contribution in [2.75, 3.05) is 0 Å². The van der Waals surface area contributed by atoms with Gasteiger partial charge in [0.25, 0.3) is 0 Å². The molecule has 0 saturated heterocycles. The van der Waals surface area contributed by atoms with Crippen molar-refractivity contribution in [3.63, 3.8) is 0 Å². The third-order valence-electron chi connectivity index (χ3n) is 4.64. The Balaban J connectivity index is 0.00000288. The van der Waals surface area contributed by atoms with Gasteiger partial charge in [0, 0.05) is 0 Å². The number of hydrogen-bond acceptors (Lipinski definition) is 3. The van der Waals surface area contributed by atoms with E-state index in [4.69, 9.17) is 0 Å². The van der Waals surface area contributed by atoms with E-state index in [1.54, 1.807) is 12.1 Å². The Morgan fingerprint density at radius 3 is 1.92 bits per heavy atom. The molecule has 0 amide bonds. The molecule has 2 aromatic rings. The van der Waals surface area contributed by atoms with E-state index in [2.05, 4.69) is 45.0 Å². The maximum Gasteiger partial charge on any atom is 1.00 e. The summed E-state index contributed by atoms with van der Waals surface area (Å²) in [7, 11) is -4.37. The van der Waals surface area contributed by atoms with Gasteiger partial charge >= 0.3 is 29.6 Å². The van der Waals surface area contributed by atoms with Crippen molar-refractivity contribution in [1.29, 1.82) is 0 Å². The molecule has 0 bridgehead atoms. The van der Waals surface area contributed by atoms with Crippen LogP contribution in [-0.2, 0) is 10.1 Å². The second-order valence-corrected chi connectivity index (χ2v) is 7.72. The Hall–Kier alpha value is -0.650. The Kier molecular flexibility index (Phi) is 8.16. The van der Waals surface area contributed by atoms with Crippen LogP contribution in [0, 0.1) is 5.92 Å². The van der Waals surface area contributed by atoms with Crippen LogP contribution in [0.1, 0.15) is 50.2 Å². The van der Waals surface area contributed by atoms with E-state index >= 15 is 0 Å². The van der Waals surface area contributed by atoms with Gasteiger partial charge in [0.05, 0.1) is 4.90 Å². The molecular formula is C19H23NaO3S. The molecule has 2 rings (SSSR count). The molecule has 3 nitrogen and oxygen atoms in total. The first kappa shape index (κ1) is 21.4. The predicted molar refractivity (Wildman–Crippen MR) is 91.5 cm³/mol. The maximum atomic E-state index is 11.0. The smallest absolute Gasteiger partial charge is 0.744 e. The molecule has 0 radical (unpaired) electrons. The number of hydrogen-bond donors (Lipinski definition) is 0. The van der Waals surface area contributed by atoms with Crippen LogP contribution in [0.25, 0.3) is 0 Å². The molecule has 0 aliphatic heterocycles. The summed E-state index contributed by atoms with van der Waals surface area (Å²) in [5, 5.41) is 0. The average Bonchev–Trinajstić information content (AvgIpc) is 2.54. The van der Waals surface area contributed by atoms with Gasteiger partial charge in [0.1, 0.15) is 10.1 Å². The summed E-state index contributed by atoms with van der Waals surface area (Å²) >= 11 is 0. The van der Waals surface area contributed by atoms with Crippen molar-refractivity contribution >= 4 is 10.1 Å². The van der Waals surface area contributed by atoms with E-state index in [9.17, 15) is 13.0 Å². The van der Waals surface area contributed by atoms with E-state index in [0.29, 0.717) is 17.8 Å². The van der Waals surface area contributed by atoms with Crippen LogP contribution in [0.4, 0.5) is 0 Å². The summed E-state index contributed by atoms with van der Waals surface area (Å²) in [5.41, 5.74) is 2.39. The SMILES string of the molecule is CC(CC(C)C(C)c1ccc(S(=O)(=O)[O-])cc1)c1ccccc1.[Na+]. The van der Waals surface area contributed by atoms with Crippen LogP contribution in [0.2, 0.25) is 0 Å². The molecule has 3 atom stereocenters. The van der Waals surface area contributed by atoms with Crippen molar-refractivity contribution in [1.82, 2.24) is 0 Å². The quantitative estimate of drug-likeness (QED) is 0.584. The molecule has 0 aromatic heterocycles. The number of rotatable bonds is 6. The minimum absolute atomic E-state index is 0. The number of benzene rings is 2. The molecule has 0 N–H and O–H groups in total. The summed E-state index contributed by atoms with van der Waals surface area (Å²) < 4.78 is 33.0. The topological polar surface area (TPSA) is 57.2 Å². The molecule has 2 aromatic carbocycles. The Bertz CT molecular complexity index is 727. The summed E-state index contributed by atoms with van der Waals surface area (Å²) in [6.45, 7) is 6.58. The minimum Gasteiger partial charge on any atom is -0.744 e. The molecule has 124 valence electrons. The normalized spacial score (nSPS) is 15.2. The summed E-state index contributed by atoms with van der Waals surface area (Å²) in [4.78, 5) is -0.168. The van der Waals surface area contributed by atoms with Crippen LogP contribution in [0.5, 0.6) is 0 Å². The molecule has 24 heavy (non-hydrogen) atoms. The van der Waals surface area contributed by atoms with Gasteiger partial charge in [-0.15, -0.1) is 0 Å². The second kappa shape index (κ2) is 9.16. The fourth-order valence-electron chi connectivity index (χ4n) is 2.95. The van der Waals surface area contributed by atoms with Crippen molar-refractivity contribution in [3.05, 3.63) is 65.7 Å². The van der Waals surface area contributed by atoms with Crippen LogP contribution >= 0.6 is 0 Å². The van der Waals surface area contributed by atoms with Gasteiger partial charge in [-0.05, 0) is 47.4 Å². The zero-order chi connectivity index (χ0) is 17.0. The predicted octanol–water partition coefficient (Wildman–Crippen LogP) is 1.53. The zero-order valence-electron chi connectivity index (χ0n) is 14.8. The fourth-order valence-corrected chi connectivity index (χ4v) is 3.42. The van der Waals surface area contributed by atoms with Gasteiger partial charge in [-0.2, -0.15) is 0 Å². The van der Waals surface area contributed by atoms with Crippen molar-refractivity contribution in [3.8, 4) is 0 Å². The average molecular weight is 354 g/mol. The largest absolute Gasteiger partial charge is 1.00 e. The van der Waals surface area contributed by atoms with Crippen molar-refractivity contribution in [2.24, 2.45) is 5.92 Å². The van der Waals surface area contributed by atoms with Gasteiger partial charge in [-0.1, -0.05) is 63.2 Å². The summed E-state index contributed by atoms with van der Waals surface area (Å²) in [6.07, 6.45) is 1.05. The van der Waals surface area contributed by atoms with Crippen molar-refractivity contribution < 1.29 is 42.5 Å². The Morgan fingerprint density at radius 2 is 1.42 bits per heavy atom. The van der Waals surface area contributed by atoms with Crippen LogP contribution in [0.15, 0.2) is 59.5 Å². The minimum atomic E-state index is -4.37. The van der Waals surface area contributed by atoms with Crippen LogP contribution in [0.3, 0.4) is 0 Å². The molecular weight excluding hydrogens is 331 g/mol. The van der Waals surface area contributed by atoms with E-state index in [1.807, 2.05) is 6.07 Å². The molecule has 0 aliphatic rings. The summed E-state index contributed by atoms with van der Waals surface area (Å²) in [5.74, 6) is 1.21. The van der Waals surface area contributed by atoms with Crippen LogP contribution in [-0.4, -0.2) is 13.0 Å². The first-order valence-electron chi connectivity index (χ1n) is 7.90. The molecule has 0 saturated carbocycles. The van der Waals surface area contributed by atoms with E-state index in [1.165, 1.54) is 17.7 Å². The first-order valence-corrected chi connectivity index (χ1v) is 9.30. The molecule has 0 aliphatic carbocycles. The molecule has 0 spiro atoms. The Morgan fingerprint density at radius 1 is 0.875 bits per heavy atom. The Labute approximate surface area is 167 Å². The molecule has 5 heteroatoms. The molecule has 3 unspecified atom stereocenters. The van der Waals surface area contributed by atoms with Crippen molar-refractivity contribution in [2.45, 2.75) is 43.9 Å². The molecule has 0 fully saturated rings.